The normalized spacial score (nSPS) is 11.9. The van der Waals surface area contributed by atoms with Gasteiger partial charge in [-0.25, -0.2) is 0 Å². The molecule has 1 aromatic heterocycles. The molecule has 1 heterocycles. The maximum absolute atomic E-state index is 11.7. The molecule has 0 saturated carbocycles. The average Bonchev–Trinajstić information content (AvgIpc) is 3.19. The van der Waals surface area contributed by atoms with Crippen molar-refractivity contribution >= 4 is 17.3 Å². The largest absolute Gasteiger partial charge is 0.488 e. The molecular weight excluding hydrogens is 344 g/mol. The zero-order valence-corrected chi connectivity index (χ0v) is 16.7. The van der Waals surface area contributed by atoms with Gasteiger partial charge in [-0.3, -0.25) is 4.79 Å². The SMILES string of the molecule is CCCC(CCCCCc1ccc(OCc2cccs2)cc1)C(=O)OC. The molecule has 0 aliphatic rings. The predicted octanol–water partition coefficient (Wildman–Crippen LogP) is 6.02. The molecule has 0 saturated heterocycles. The van der Waals surface area contributed by atoms with Crippen molar-refractivity contribution in [2.75, 3.05) is 7.11 Å². The minimum Gasteiger partial charge on any atom is -0.488 e. The van der Waals surface area contributed by atoms with Gasteiger partial charge in [-0.05, 0) is 54.8 Å². The molecule has 1 unspecified atom stereocenters. The highest BCUT2D eigenvalue weighted by molar-refractivity contribution is 7.09. The number of methoxy groups -OCH3 is 1. The molecule has 0 N–H and O–H groups in total. The number of esters is 1. The Hall–Kier alpha value is -1.81. The zero-order valence-electron chi connectivity index (χ0n) is 15.9. The Balaban J connectivity index is 1.64. The van der Waals surface area contributed by atoms with Crippen LogP contribution in [-0.2, 0) is 22.6 Å². The fourth-order valence-electron chi connectivity index (χ4n) is 3.09. The predicted molar refractivity (Wildman–Crippen MR) is 108 cm³/mol. The van der Waals surface area contributed by atoms with Crippen molar-refractivity contribution in [2.24, 2.45) is 5.92 Å². The maximum atomic E-state index is 11.7. The van der Waals surface area contributed by atoms with Crippen LogP contribution in [-0.4, -0.2) is 13.1 Å². The number of aryl methyl sites for hydroxylation is 1. The number of hydrogen-bond acceptors (Lipinski definition) is 4. The Morgan fingerprint density at radius 2 is 1.88 bits per heavy atom. The maximum Gasteiger partial charge on any atom is 0.308 e. The summed E-state index contributed by atoms with van der Waals surface area (Å²) < 4.78 is 10.7. The Morgan fingerprint density at radius 1 is 1.08 bits per heavy atom. The van der Waals surface area contributed by atoms with E-state index in [-0.39, 0.29) is 11.9 Å². The van der Waals surface area contributed by atoms with Gasteiger partial charge in [0.15, 0.2) is 0 Å². The van der Waals surface area contributed by atoms with Crippen molar-refractivity contribution in [2.45, 2.75) is 58.5 Å². The lowest BCUT2D eigenvalue weighted by Crippen LogP contribution is -2.16. The molecular formula is C22H30O3S. The van der Waals surface area contributed by atoms with E-state index in [9.17, 15) is 4.79 Å². The van der Waals surface area contributed by atoms with Gasteiger partial charge >= 0.3 is 5.97 Å². The molecule has 26 heavy (non-hydrogen) atoms. The Morgan fingerprint density at radius 3 is 2.54 bits per heavy atom. The van der Waals surface area contributed by atoms with Crippen LogP contribution in [0.25, 0.3) is 0 Å². The summed E-state index contributed by atoms with van der Waals surface area (Å²) in [4.78, 5) is 13.0. The molecule has 0 bridgehead atoms. The second kappa shape index (κ2) is 11.7. The highest BCUT2D eigenvalue weighted by Crippen LogP contribution is 2.20. The summed E-state index contributed by atoms with van der Waals surface area (Å²) >= 11 is 1.72. The average molecular weight is 375 g/mol. The number of hydrogen-bond donors (Lipinski definition) is 0. The summed E-state index contributed by atoms with van der Waals surface area (Å²) in [5.74, 6) is 0.942. The Kier molecular flexibility index (Phi) is 9.26. The Bertz CT molecular complexity index is 619. The first-order valence-electron chi connectivity index (χ1n) is 9.55. The number of carbonyl (C=O) groups excluding carboxylic acids is 1. The Labute approximate surface area is 161 Å². The summed E-state index contributed by atoms with van der Waals surface area (Å²) in [5.41, 5.74) is 1.34. The van der Waals surface area contributed by atoms with E-state index >= 15 is 0 Å². The topological polar surface area (TPSA) is 35.5 Å². The number of thiophene rings is 1. The smallest absolute Gasteiger partial charge is 0.308 e. The molecule has 2 rings (SSSR count). The summed E-state index contributed by atoms with van der Waals surface area (Å²) in [5, 5.41) is 2.07. The van der Waals surface area contributed by atoms with E-state index in [0.29, 0.717) is 6.61 Å². The van der Waals surface area contributed by atoms with Crippen LogP contribution in [0.5, 0.6) is 5.75 Å². The van der Waals surface area contributed by atoms with Crippen molar-refractivity contribution in [1.82, 2.24) is 0 Å². The fraction of sp³-hybridized carbons (Fsp3) is 0.500. The molecule has 4 heteroatoms. The van der Waals surface area contributed by atoms with Gasteiger partial charge in [0.25, 0.3) is 0 Å². The number of unbranched alkanes of at least 4 members (excludes halogenated alkanes) is 2. The molecule has 2 aromatic rings. The zero-order chi connectivity index (χ0) is 18.6. The first-order valence-corrected chi connectivity index (χ1v) is 10.4. The van der Waals surface area contributed by atoms with E-state index in [0.717, 1.165) is 50.7 Å². The van der Waals surface area contributed by atoms with Crippen LogP contribution in [0.4, 0.5) is 0 Å². The van der Waals surface area contributed by atoms with E-state index in [2.05, 4.69) is 42.6 Å². The molecule has 0 aliphatic heterocycles. The number of benzene rings is 1. The molecule has 0 aliphatic carbocycles. The highest BCUT2D eigenvalue weighted by atomic mass is 32.1. The van der Waals surface area contributed by atoms with Crippen molar-refractivity contribution in [1.29, 1.82) is 0 Å². The molecule has 0 amide bonds. The first-order chi connectivity index (χ1) is 12.7. The molecule has 1 aromatic carbocycles. The third-order valence-corrected chi connectivity index (χ3v) is 5.42. The van der Waals surface area contributed by atoms with Gasteiger partial charge < -0.3 is 9.47 Å². The van der Waals surface area contributed by atoms with Crippen LogP contribution in [0.3, 0.4) is 0 Å². The second-order valence-electron chi connectivity index (χ2n) is 6.62. The van der Waals surface area contributed by atoms with Crippen molar-refractivity contribution in [3.63, 3.8) is 0 Å². The highest BCUT2D eigenvalue weighted by Gasteiger charge is 2.17. The third kappa shape index (κ3) is 7.20. The van der Waals surface area contributed by atoms with Gasteiger partial charge in [-0.1, -0.05) is 44.4 Å². The summed E-state index contributed by atoms with van der Waals surface area (Å²) in [7, 11) is 1.48. The van der Waals surface area contributed by atoms with Crippen LogP contribution in [0, 0.1) is 5.92 Å². The first kappa shape index (κ1) is 20.5. The lowest BCUT2D eigenvalue weighted by atomic mass is 9.96. The van der Waals surface area contributed by atoms with Gasteiger partial charge in [0.05, 0.1) is 13.0 Å². The third-order valence-electron chi connectivity index (χ3n) is 4.57. The van der Waals surface area contributed by atoms with E-state index in [1.54, 1.807) is 11.3 Å². The summed E-state index contributed by atoms with van der Waals surface area (Å²) in [6, 6.07) is 12.5. The van der Waals surface area contributed by atoms with Gasteiger partial charge in [0, 0.05) is 4.88 Å². The summed E-state index contributed by atoms with van der Waals surface area (Å²) in [6.45, 7) is 2.75. The number of rotatable bonds is 12. The van der Waals surface area contributed by atoms with Gasteiger partial charge in [-0.15, -0.1) is 11.3 Å². The van der Waals surface area contributed by atoms with E-state index in [1.807, 2.05) is 6.07 Å². The molecule has 142 valence electrons. The van der Waals surface area contributed by atoms with Crippen LogP contribution < -0.4 is 4.74 Å². The summed E-state index contributed by atoms with van der Waals surface area (Å²) in [6.07, 6.45) is 7.35. The van der Waals surface area contributed by atoms with Gasteiger partial charge in [0.2, 0.25) is 0 Å². The van der Waals surface area contributed by atoms with Gasteiger partial charge in [0.1, 0.15) is 12.4 Å². The number of ether oxygens (including phenoxy) is 2. The van der Waals surface area contributed by atoms with Crippen LogP contribution in [0.2, 0.25) is 0 Å². The molecule has 3 nitrogen and oxygen atoms in total. The quantitative estimate of drug-likeness (QED) is 0.337. The molecule has 0 fully saturated rings. The molecule has 0 spiro atoms. The monoisotopic (exact) mass is 374 g/mol. The molecule has 0 radical (unpaired) electrons. The van der Waals surface area contributed by atoms with Crippen LogP contribution in [0.1, 0.15) is 55.9 Å². The minimum atomic E-state index is -0.0509. The number of carbonyl (C=O) groups is 1. The van der Waals surface area contributed by atoms with Crippen molar-refractivity contribution in [3.8, 4) is 5.75 Å². The van der Waals surface area contributed by atoms with Crippen LogP contribution >= 0.6 is 11.3 Å². The minimum absolute atomic E-state index is 0.0509. The lowest BCUT2D eigenvalue weighted by Gasteiger charge is -2.13. The molecule has 1 atom stereocenters. The second-order valence-corrected chi connectivity index (χ2v) is 7.65. The van der Waals surface area contributed by atoms with E-state index < -0.39 is 0 Å². The van der Waals surface area contributed by atoms with Crippen molar-refractivity contribution in [3.05, 3.63) is 52.2 Å². The van der Waals surface area contributed by atoms with E-state index in [1.165, 1.54) is 17.6 Å². The van der Waals surface area contributed by atoms with Gasteiger partial charge in [-0.2, -0.15) is 0 Å². The lowest BCUT2D eigenvalue weighted by molar-refractivity contribution is -0.146. The standard InChI is InChI=1S/C22H30O3S/c1-3-8-19(22(23)24-2)10-6-4-5-9-18-12-14-20(15-13-18)25-17-21-11-7-16-26-21/h7,11-16,19H,3-6,8-10,17H2,1-2H3. The fourth-order valence-corrected chi connectivity index (χ4v) is 3.71. The van der Waals surface area contributed by atoms with Crippen molar-refractivity contribution < 1.29 is 14.3 Å². The van der Waals surface area contributed by atoms with Crippen LogP contribution in [0.15, 0.2) is 41.8 Å². The van der Waals surface area contributed by atoms with E-state index in [4.69, 9.17) is 9.47 Å².